The Morgan fingerprint density at radius 3 is 1.63 bits per heavy atom. The van der Waals surface area contributed by atoms with Gasteiger partial charge in [0, 0.05) is 22.5 Å². The number of hydrogen-bond acceptors (Lipinski definition) is 1. The third-order valence-corrected chi connectivity index (χ3v) is 12.4. The van der Waals surface area contributed by atoms with Crippen LogP contribution in [0.15, 0.2) is 133 Å². The zero-order valence-corrected chi connectivity index (χ0v) is 33.8. The molecule has 0 heterocycles. The molecule has 0 radical (unpaired) electrons. The largest absolute Gasteiger partial charge is 0.310 e. The highest BCUT2D eigenvalue weighted by atomic mass is 15.1. The summed E-state index contributed by atoms with van der Waals surface area (Å²) in [5.41, 5.74) is 18.5. The van der Waals surface area contributed by atoms with Crippen LogP contribution in [0.2, 0.25) is 0 Å². The molecule has 0 aliphatic heterocycles. The Balaban J connectivity index is 1.15. The molecular weight excluding hydrogens is 651 g/mol. The van der Waals surface area contributed by atoms with Crippen molar-refractivity contribution >= 4 is 17.1 Å². The van der Waals surface area contributed by atoms with E-state index in [1.807, 2.05) is 0 Å². The van der Waals surface area contributed by atoms with Crippen LogP contribution in [-0.4, -0.2) is 0 Å². The number of hydrogen-bond donors (Lipinski definition) is 0. The summed E-state index contributed by atoms with van der Waals surface area (Å²) in [6.07, 6.45) is 6.63. The fourth-order valence-electron chi connectivity index (χ4n) is 8.95. The molecule has 8 rings (SSSR count). The first-order chi connectivity index (χ1) is 25.8. The second kappa shape index (κ2) is 13.8. The number of nitrogens with zero attached hydrogens (tertiary/aromatic N) is 1. The number of fused-ring (bicyclic) bond motifs is 3. The predicted octanol–water partition coefficient (Wildman–Crippen LogP) is 15.4. The fourth-order valence-corrected chi connectivity index (χ4v) is 8.95. The normalized spacial score (nSPS) is 15.5. The van der Waals surface area contributed by atoms with Gasteiger partial charge >= 0.3 is 0 Å². The molecule has 6 aromatic rings. The van der Waals surface area contributed by atoms with Crippen LogP contribution in [0.1, 0.15) is 121 Å². The van der Waals surface area contributed by atoms with Gasteiger partial charge in [0.2, 0.25) is 0 Å². The van der Waals surface area contributed by atoms with Crippen LogP contribution >= 0.6 is 0 Å². The summed E-state index contributed by atoms with van der Waals surface area (Å²) in [6.45, 7) is 18.6. The molecule has 274 valence electrons. The highest BCUT2D eigenvalue weighted by Gasteiger charge is 2.36. The minimum absolute atomic E-state index is 0.0596. The molecular formula is C53H57N. The average molecular weight is 708 g/mol. The van der Waals surface area contributed by atoms with Crippen molar-refractivity contribution < 1.29 is 0 Å². The molecule has 0 bridgehead atoms. The van der Waals surface area contributed by atoms with Crippen LogP contribution in [0.5, 0.6) is 0 Å². The average Bonchev–Trinajstić information content (AvgIpc) is 3.40. The van der Waals surface area contributed by atoms with Gasteiger partial charge in [0.25, 0.3) is 0 Å². The third-order valence-electron chi connectivity index (χ3n) is 12.4. The number of anilines is 3. The fraction of sp³-hybridized carbons (Fsp3) is 0.321. The van der Waals surface area contributed by atoms with Gasteiger partial charge in [-0.15, -0.1) is 0 Å². The summed E-state index contributed by atoms with van der Waals surface area (Å²) in [5.74, 6) is 0.648. The molecule has 2 aliphatic rings. The SMILES string of the molecule is CC(C)(C)c1cc(-c2ccc(-c3ccc(N(c4cccc(C5CCCCC5)c4)c4ccc5c(c4)C(C)(C)c4ccccc4-5)cc3)cc2)cc(C(C)(C)C)c1. The van der Waals surface area contributed by atoms with Crippen molar-refractivity contribution in [3.63, 3.8) is 0 Å². The quantitative estimate of drug-likeness (QED) is 0.167. The Kier molecular flexibility index (Phi) is 9.20. The van der Waals surface area contributed by atoms with Gasteiger partial charge < -0.3 is 4.90 Å². The first-order valence-corrected chi connectivity index (χ1v) is 20.3. The Morgan fingerprint density at radius 1 is 0.463 bits per heavy atom. The van der Waals surface area contributed by atoms with Crippen LogP contribution in [0.4, 0.5) is 17.1 Å². The smallest absolute Gasteiger partial charge is 0.0465 e. The van der Waals surface area contributed by atoms with Crippen LogP contribution in [0.3, 0.4) is 0 Å². The van der Waals surface area contributed by atoms with E-state index in [1.165, 1.54) is 110 Å². The van der Waals surface area contributed by atoms with Crippen molar-refractivity contribution in [2.24, 2.45) is 0 Å². The number of benzene rings is 6. The van der Waals surface area contributed by atoms with Gasteiger partial charge in [0.05, 0.1) is 0 Å². The maximum absolute atomic E-state index is 2.48. The van der Waals surface area contributed by atoms with E-state index in [0.29, 0.717) is 5.92 Å². The summed E-state index contributed by atoms with van der Waals surface area (Å²) in [6, 6.07) is 51.0. The standard InChI is InChI=1S/C53H57N/c1-51(2,3)42-31-41(32-43(34-42)52(4,5)6)39-23-21-37(22-24-39)38-25-27-44(28-26-38)54(45-18-14-17-40(33-45)36-15-10-9-11-16-36)46-29-30-48-47-19-12-13-20-49(47)53(7,8)50(48)35-46/h12-14,17-36H,9-11,15-16H2,1-8H3. The van der Waals surface area contributed by atoms with E-state index in [-0.39, 0.29) is 16.2 Å². The lowest BCUT2D eigenvalue weighted by Gasteiger charge is -2.29. The zero-order chi connectivity index (χ0) is 37.8. The van der Waals surface area contributed by atoms with Crippen LogP contribution in [0.25, 0.3) is 33.4 Å². The van der Waals surface area contributed by atoms with E-state index < -0.39 is 0 Å². The maximum atomic E-state index is 2.48. The molecule has 0 saturated heterocycles. The van der Waals surface area contributed by atoms with Gasteiger partial charge in [-0.25, -0.2) is 0 Å². The Labute approximate surface area is 325 Å². The zero-order valence-electron chi connectivity index (χ0n) is 33.8. The maximum Gasteiger partial charge on any atom is 0.0465 e. The summed E-state index contributed by atoms with van der Waals surface area (Å²) >= 11 is 0. The first kappa shape index (κ1) is 36.1. The lowest BCUT2D eigenvalue weighted by Crippen LogP contribution is -2.16. The number of rotatable bonds is 6. The highest BCUT2D eigenvalue weighted by molar-refractivity contribution is 5.86. The van der Waals surface area contributed by atoms with Crippen molar-refractivity contribution in [1.82, 2.24) is 0 Å². The van der Waals surface area contributed by atoms with Gasteiger partial charge in [-0.1, -0.05) is 172 Å². The molecule has 0 spiro atoms. The molecule has 0 N–H and O–H groups in total. The molecule has 6 aromatic carbocycles. The molecule has 2 aliphatic carbocycles. The summed E-state index contributed by atoms with van der Waals surface area (Å²) in [5, 5.41) is 0. The van der Waals surface area contributed by atoms with E-state index in [2.05, 4.69) is 194 Å². The Morgan fingerprint density at radius 2 is 1.00 bits per heavy atom. The molecule has 1 fully saturated rings. The molecule has 54 heavy (non-hydrogen) atoms. The van der Waals surface area contributed by atoms with E-state index in [1.54, 1.807) is 0 Å². The molecule has 0 aromatic heterocycles. The van der Waals surface area contributed by atoms with Crippen molar-refractivity contribution in [3.05, 3.63) is 161 Å². The lowest BCUT2D eigenvalue weighted by molar-refractivity contribution is 0.443. The van der Waals surface area contributed by atoms with Gasteiger partial charge in [0.1, 0.15) is 0 Å². The van der Waals surface area contributed by atoms with E-state index in [4.69, 9.17) is 0 Å². The minimum atomic E-state index is -0.0596. The Hall–Kier alpha value is -4.88. The van der Waals surface area contributed by atoms with E-state index in [9.17, 15) is 0 Å². The monoisotopic (exact) mass is 707 g/mol. The predicted molar refractivity (Wildman–Crippen MR) is 233 cm³/mol. The topological polar surface area (TPSA) is 3.24 Å². The molecule has 0 atom stereocenters. The highest BCUT2D eigenvalue weighted by Crippen LogP contribution is 2.51. The van der Waals surface area contributed by atoms with Gasteiger partial charge in [-0.05, 0) is 127 Å². The molecule has 0 amide bonds. The van der Waals surface area contributed by atoms with E-state index >= 15 is 0 Å². The van der Waals surface area contributed by atoms with E-state index in [0.717, 1.165) is 0 Å². The molecule has 1 nitrogen and oxygen atoms in total. The van der Waals surface area contributed by atoms with Crippen molar-refractivity contribution in [3.8, 4) is 33.4 Å². The second-order valence-corrected chi connectivity index (χ2v) is 18.6. The summed E-state index contributed by atoms with van der Waals surface area (Å²) in [4.78, 5) is 2.48. The van der Waals surface area contributed by atoms with Crippen molar-refractivity contribution in [2.45, 2.75) is 110 Å². The third kappa shape index (κ3) is 6.83. The summed E-state index contributed by atoms with van der Waals surface area (Å²) < 4.78 is 0. The van der Waals surface area contributed by atoms with Crippen LogP contribution in [-0.2, 0) is 16.2 Å². The van der Waals surface area contributed by atoms with Crippen LogP contribution in [0, 0.1) is 0 Å². The van der Waals surface area contributed by atoms with Gasteiger partial charge in [0.15, 0.2) is 0 Å². The molecule has 1 heteroatoms. The van der Waals surface area contributed by atoms with Gasteiger partial charge in [-0.2, -0.15) is 0 Å². The Bertz CT molecular complexity index is 2250. The minimum Gasteiger partial charge on any atom is -0.310 e. The molecule has 1 saturated carbocycles. The summed E-state index contributed by atoms with van der Waals surface area (Å²) in [7, 11) is 0. The van der Waals surface area contributed by atoms with Gasteiger partial charge in [-0.3, -0.25) is 0 Å². The lowest BCUT2D eigenvalue weighted by atomic mass is 9.79. The second-order valence-electron chi connectivity index (χ2n) is 18.6. The molecule has 0 unspecified atom stereocenters. The van der Waals surface area contributed by atoms with Crippen molar-refractivity contribution in [1.29, 1.82) is 0 Å². The van der Waals surface area contributed by atoms with Crippen molar-refractivity contribution in [2.75, 3.05) is 4.90 Å². The first-order valence-electron chi connectivity index (χ1n) is 20.3. The van der Waals surface area contributed by atoms with Crippen LogP contribution < -0.4 is 4.90 Å².